The molecule has 0 bridgehead atoms. The van der Waals surface area contributed by atoms with Crippen molar-refractivity contribution in [2.45, 2.75) is 120 Å². The number of likely N-dealkylation sites (tertiary alicyclic amines) is 1. The lowest BCUT2D eigenvalue weighted by molar-refractivity contribution is -0.136. The number of nitrogens with one attached hydrogen (secondary N) is 1. The molecule has 0 radical (unpaired) electrons. The normalized spacial score (nSPS) is 21.5. The average Bonchev–Trinajstić information content (AvgIpc) is 1.65. The highest BCUT2D eigenvalue weighted by Crippen LogP contribution is 2.51. The molecule has 2 fully saturated rings. The number of thiophene rings is 1. The molecule has 7 N–H and O–H groups in total. The predicted octanol–water partition coefficient (Wildman–Crippen LogP) is 15.5. The van der Waals surface area contributed by atoms with Crippen molar-refractivity contribution in [3.63, 3.8) is 0 Å². The van der Waals surface area contributed by atoms with Crippen LogP contribution < -0.4 is 17.2 Å². The van der Waals surface area contributed by atoms with Crippen LogP contribution in [0.3, 0.4) is 0 Å². The minimum atomic E-state index is -1.01. The van der Waals surface area contributed by atoms with Gasteiger partial charge in [-0.05, 0) is 156 Å². The van der Waals surface area contributed by atoms with E-state index >= 15 is 0 Å². The first-order valence-corrected chi connectivity index (χ1v) is 42.5. The van der Waals surface area contributed by atoms with Gasteiger partial charge in [-0.15, -0.1) is 11.3 Å². The number of aryl methyl sites for hydroxylation is 2. The van der Waals surface area contributed by atoms with E-state index in [1.165, 1.54) is 32.4 Å². The van der Waals surface area contributed by atoms with Crippen LogP contribution in [-0.4, -0.2) is 136 Å². The monoisotopic (exact) mass is 1670 g/mol. The third kappa shape index (κ3) is 18.3. The summed E-state index contributed by atoms with van der Waals surface area (Å²) in [6.07, 6.45) is 16.8. The third-order valence-electron chi connectivity index (χ3n) is 25.0. The Morgan fingerprint density at radius 3 is 1.50 bits per heavy atom. The number of nitrogens with zero attached hydrogens (tertiary/aromatic N) is 14. The first-order valence-electron chi connectivity index (χ1n) is 41.6. The van der Waals surface area contributed by atoms with E-state index in [0.29, 0.717) is 30.7 Å². The predicted molar refractivity (Wildman–Crippen MR) is 490 cm³/mol. The Labute approximate surface area is 726 Å². The molecule has 8 aromatic carbocycles. The van der Waals surface area contributed by atoms with Crippen LogP contribution in [0.1, 0.15) is 141 Å². The molecule has 632 valence electrons. The quantitative estimate of drug-likeness (QED) is 0.0516. The van der Waals surface area contributed by atoms with Gasteiger partial charge in [0, 0.05) is 125 Å². The van der Waals surface area contributed by atoms with Crippen molar-refractivity contribution in [2.75, 3.05) is 28.2 Å². The van der Waals surface area contributed by atoms with Gasteiger partial charge in [-0.3, -0.25) is 62.9 Å². The molecule has 8 heterocycles. The number of guanidine groups is 3. The van der Waals surface area contributed by atoms with Gasteiger partial charge >= 0.3 is 0 Å². The number of allylic oxidation sites excluding steroid dienone is 2. The zero-order chi connectivity index (χ0) is 88.1. The van der Waals surface area contributed by atoms with Crippen LogP contribution >= 0.6 is 11.3 Å². The number of piperidine rings is 1. The zero-order valence-electron chi connectivity index (χ0n) is 71.7. The van der Waals surface area contributed by atoms with Crippen LogP contribution in [0.15, 0.2) is 257 Å². The fraction of sp³-hybridized carbons (Fsp3) is 0.293. The minimum Gasteiger partial charge on any atom is -0.369 e. The molecule has 5 aliphatic rings. The van der Waals surface area contributed by atoms with Crippen molar-refractivity contribution < 1.29 is 28.8 Å². The number of ketones is 2. The van der Waals surface area contributed by atoms with E-state index in [0.717, 1.165) is 100 Å². The number of benzene rings is 8. The van der Waals surface area contributed by atoms with Crippen molar-refractivity contribution >= 4 is 115 Å². The number of nitriles is 1. The van der Waals surface area contributed by atoms with Crippen LogP contribution in [0, 0.1) is 40.4 Å². The highest BCUT2D eigenvalue weighted by molar-refractivity contribution is 7.10. The van der Waals surface area contributed by atoms with Gasteiger partial charge in [-0.25, -0.2) is 15.0 Å². The topological polar surface area (TPSA) is 332 Å². The van der Waals surface area contributed by atoms with Crippen molar-refractivity contribution in [3.8, 4) is 17.2 Å². The first-order chi connectivity index (χ1) is 59.3. The SMILES string of the molecule is CC(C)C1(c2cc(-c3cccc(C#N)c3)cs2)CC(=N)N(C)C(=O)C1.CN1C(=O)C[C@@](C)(c2ccc3c(cnn3CC3CC3)c2)N=C1N.CN1C(=O)[C@@H](C(CC(=O)/C=C/c2ccccc2)c2ccccc2)[C@@](C)(c2ccc3cn(C)nc3c2)N=C1N.CN1C(=O)[C@H](C(CC(=O)/C=C/c2ccccc2)c2ccccc2)[C@@](C)(c2ccc3cn(C)nc3c2)N=C1N. The summed E-state index contributed by atoms with van der Waals surface area (Å²) in [5.74, 6) is -0.690. The zero-order valence-corrected chi connectivity index (χ0v) is 72.5. The third-order valence-corrected chi connectivity index (χ3v) is 26.2. The van der Waals surface area contributed by atoms with E-state index in [4.69, 9.17) is 37.9 Å². The molecule has 3 unspecified atom stereocenters. The van der Waals surface area contributed by atoms with Crippen LogP contribution in [0.5, 0.6) is 0 Å². The van der Waals surface area contributed by atoms with Gasteiger partial charge in [0.2, 0.25) is 23.6 Å². The number of aliphatic imine (C=N–C) groups is 3. The molecule has 17 rings (SSSR count). The molecule has 25 heteroatoms. The fourth-order valence-corrected chi connectivity index (χ4v) is 18.6. The molecular formula is C99H104N18O6S. The summed E-state index contributed by atoms with van der Waals surface area (Å²) in [5.41, 5.74) is 27.3. The molecule has 1 saturated carbocycles. The van der Waals surface area contributed by atoms with Crippen LogP contribution in [-0.2, 0) is 71.4 Å². The summed E-state index contributed by atoms with van der Waals surface area (Å²) >= 11 is 1.65. The molecule has 124 heavy (non-hydrogen) atoms. The largest absolute Gasteiger partial charge is 0.369 e. The lowest BCUT2D eigenvalue weighted by Gasteiger charge is -2.44. The summed E-state index contributed by atoms with van der Waals surface area (Å²) in [7, 11) is 10.4. The van der Waals surface area contributed by atoms with Gasteiger partial charge in [-0.1, -0.05) is 190 Å². The molecule has 12 aromatic rings. The van der Waals surface area contributed by atoms with E-state index < -0.39 is 40.3 Å². The molecule has 8 atom stereocenters. The number of amides is 4. The summed E-state index contributed by atoms with van der Waals surface area (Å²) in [5, 5.41) is 36.1. The first kappa shape index (κ1) is 86.5. The van der Waals surface area contributed by atoms with Gasteiger partial charge in [0.05, 0.1) is 69.3 Å². The van der Waals surface area contributed by atoms with Crippen LogP contribution in [0.4, 0.5) is 0 Å². The maximum atomic E-state index is 14.0. The molecule has 24 nitrogen and oxygen atoms in total. The number of aromatic nitrogens is 6. The fourth-order valence-electron chi connectivity index (χ4n) is 17.3. The highest BCUT2D eigenvalue weighted by Gasteiger charge is 2.53. The standard InChI is InChI=1S/2C31H31N5O2.C20H21N3OS.C17H21N5O/c2*1-31(24-16-15-23-20-35(2)34-27(23)18-24)28(29(38)36(3)30(32)33-31)26(22-12-8-5-9-13-22)19-25(37)17-14-21-10-6-4-7-11-21;1-13(2)20(9-18(22)23(3)19(24)10-20)17-8-16(12-25-17)15-6-4-5-14(7-15)11-21;1-17(8-15(23)21(2)16(18)20-17)13-5-6-14-12(7-13)9-19-22(14)10-11-3-4-11/h2*4-18,20,26,28H,19H2,1-3H3,(H2,32,33);4-8,12-13,22H,9-10H2,1-3H3;5-7,9,11H,3-4,8,10H2,1-2H3,(H2,18,20)/b2*17-14+;;/t26?,28-,31+;26?,28-,31-;;17-/m01.0/s1. The number of amidine groups is 1. The average molecular weight is 1670 g/mol. The van der Waals surface area contributed by atoms with Gasteiger partial charge < -0.3 is 22.1 Å². The lowest BCUT2D eigenvalue weighted by Crippen LogP contribution is -2.55. The van der Waals surface area contributed by atoms with E-state index in [1.807, 2.05) is 248 Å². The second kappa shape index (κ2) is 36.1. The Hall–Kier alpha value is -13.9. The second-order valence-corrected chi connectivity index (χ2v) is 34.8. The maximum absolute atomic E-state index is 14.0. The maximum Gasteiger partial charge on any atom is 0.235 e. The Bertz CT molecular complexity index is 6000. The number of carbonyl (C=O) groups excluding carboxylic acids is 6. The lowest BCUT2D eigenvalue weighted by atomic mass is 9.68. The number of hydrogen-bond acceptors (Lipinski definition) is 18. The second-order valence-electron chi connectivity index (χ2n) is 33.9. The minimum absolute atomic E-state index is 0.00591. The summed E-state index contributed by atoms with van der Waals surface area (Å²) in [6, 6.07) is 68.8. The number of rotatable bonds is 20. The number of nitrogens with two attached hydrogens (primary N) is 3. The molecule has 4 aromatic heterocycles. The van der Waals surface area contributed by atoms with E-state index in [9.17, 15) is 28.8 Å². The molecular weight excluding hydrogens is 1570 g/mol. The Morgan fingerprint density at radius 2 is 1.02 bits per heavy atom. The van der Waals surface area contributed by atoms with Gasteiger partial charge in [0.25, 0.3) is 0 Å². The summed E-state index contributed by atoms with van der Waals surface area (Å²) < 4.78 is 5.60. The Morgan fingerprint density at radius 1 is 0.540 bits per heavy atom. The van der Waals surface area contributed by atoms with Gasteiger partial charge in [0.15, 0.2) is 29.4 Å². The van der Waals surface area contributed by atoms with Gasteiger partial charge in [0.1, 0.15) is 5.84 Å². The van der Waals surface area contributed by atoms with Crippen LogP contribution in [0.2, 0.25) is 0 Å². The Kier molecular flexibility index (Phi) is 25.2. The molecule has 0 spiro atoms. The summed E-state index contributed by atoms with van der Waals surface area (Å²) in [6.45, 7) is 11.1. The smallest absolute Gasteiger partial charge is 0.235 e. The van der Waals surface area contributed by atoms with E-state index in [1.54, 1.807) is 67.1 Å². The van der Waals surface area contributed by atoms with E-state index in [-0.39, 0.29) is 77.2 Å². The van der Waals surface area contributed by atoms with Crippen molar-refractivity contribution in [3.05, 3.63) is 292 Å². The van der Waals surface area contributed by atoms with Crippen molar-refractivity contribution in [1.29, 1.82) is 10.7 Å². The molecule has 1 aliphatic carbocycles. The number of hydrogen-bond donors (Lipinski definition) is 4. The highest BCUT2D eigenvalue weighted by atomic mass is 32.1. The number of fused-ring (bicyclic) bond motifs is 3. The Balaban J connectivity index is 0.000000138. The van der Waals surface area contributed by atoms with Gasteiger partial charge in [-0.2, -0.15) is 20.6 Å². The van der Waals surface area contributed by atoms with Crippen LogP contribution in [0.25, 0.3) is 56.0 Å². The molecule has 4 amide bonds. The molecule has 1 saturated heterocycles. The number of carbonyl (C=O) groups is 6. The summed E-state index contributed by atoms with van der Waals surface area (Å²) in [4.78, 5) is 100. The molecule has 4 aliphatic heterocycles. The van der Waals surface area contributed by atoms with E-state index in [2.05, 4.69) is 68.5 Å². The van der Waals surface area contributed by atoms with Crippen molar-refractivity contribution in [2.24, 2.45) is 69.9 Å². The van der Waals surface area contributed by atoms with Crippen molar-refractivity contribution in [1.82, 2.24) is 48.9 Å².